The van der Waals surface area contributed by atoms with Crippen LogP contribution in [0, 0.1) is 29.4 Å². The van der Waals surface area contributed by atoms with Gasteiger partial charge in [0.05, 0.1) is 6.61 Å². The fourth-order valence-corrected chi connectivity index (χ4v) is 6.37. The summed E-state index contributed by atoms with van der Waals surface area (Å²) in [5.41, 5.74) is 2.33. The van der Waals surface area contributed by atoms with Crippen LogP contribution in [0.4, 0.5) is 8.78 Å². The monoisotopic (exact) mass is 480 g/mol. The molecule has 0 amide bonds. The Hall–Kier alpha value is -2.16. The fraction of sp³-hybridized carbons (Fsp3) is 0.562. The molecule has 2 aliphatic rings. The van der Waals surface area contributed by atoms with Crippen molar-refractivity contribution in [3.8, 4) is 16.9 Å². The predicted octanol–water partition coefficient (Wildman–Crippen LogP) is 9.86. The molecule has 0 N–H and O–H groups in total. The van der Waals surface area contributed by atoms with E-state index >= 15 is 0 Å². The average molecular weight is 481 g/mol. The predicted molar refractivity (Wildman–Crippen MR) is 142 cm³/mol. The SMILES string of the molecule is C=CCCC1CCC(CCC2CCC(c3ccc(-c4ccc(OCC)c(F)c4F)cc3)CC2)CC1. The Morgan fingerprint density at radius 3 is 1.91 bits per heavy atom. The van der Waals surface area contributed by atoms with Crippen molar-refractivity contribution in [2.24, 2.45) is 17.8 Å². The Labute approximate surface area is 211 Å². The molecule has 0 radical (unpaired) electrons. The van der Waals surface area contributed by atoms with Crippen molar-refractivity contribution in [3.63, 3.8) is 0 Å². The third-order valence-electron chi connectivity index (χ3n) is 8.62. The van der Waals surface area contributed by atoms with Gasteiger partial charge < -0.3 is 4.74 Å². The molecule has 190 valence electrons. The summed E-state index contributed by atoms with van der Waals surface area (Å²) in [5.74, 6) is 1.58. The first-order valence-electron chi connectivity index (χ1n) is 13.9. The zero-order chi connectivity index (χ0) is 24.6. The molecule has 0 bridgehead atoms. The van der Waals surface area contributed by atoms with E-state index in [0.29, 0.717) is 18.1 Å². The first-order chi connectivity index (χ1) is 17.1. The summed E-state index contributed by atoms with van der Waals surface area (Å²) in [5, 5.41) is 0. The normalized spacial score (nSPS) is 24.8. The van der Waals surface area contributed by atoms with E-state index in [1.165, 1.54) is 88.7 Å². The minimum absolute atomic E-state index is 0.0293. The molecule has 0 heterocycles. The van der Waals surface area contributed by atoms with Crippen LogP contribution in [0.3, 0.4) is 0 Å². The molecule has 0 aliphatic heterocycles. The van der Waals surface area contributed by atoms with Gasteiger partial charge in [0, 0.05) is 5.56 Å². The minimum Gasteiger partial charge on any atom is -0.491 e. The summed E-state index contributed by atoms with van der Waals surface area (Å²) >= 11 is 0. The molecule has 2 fully saturated rings. The average Bonchev–Trinajstić information content (AvgIpc) is 2.90. The van der Waals surface area contributed by atoms with E-state index in [9.17, 15) is 8.78 Å². The maximum absolute atomic E-state index is 14.6. The Morgan fingerprint density at radius 2 is 1.34 bits per heavy atom. The van der Waals surface area contributed by atoms with E-state index in [-0.39, 0.29) is 11.3 Å². The highest BCUT2D eigenvalue weighted by Crippen LogP contribution is 2.41. The van der Waals surface area contributed by atoms with Crippen LogP contribution in [0.15, 0.2) is 49.1 Å². The van der Waals surface area contributed by atoms with Crippen LogP contribution in [0.25, 0.3) is 11.1 Å². The highest BCUT2D eigenvalue weighted by molar-refractivity contribution is 5.65. The van der Waals surface area contributed by atoms with Crippen LogP contribution < -0.4 is 4.74 Å². The van der Waals surface area contributed by atoms with Gasteiger partial charge in [0.2, 0.25) is 5.82 Å². The number of halogens is 2. The van der Waals surface area contributed by atoms with Gasteiger partial charge in [0.25, 0.3) is 0 Å². The summed E-state index contributed by atoms with van der Waals surface area (Å²) < 4.78 is 34.0. The lowest BCUT2D eigenvalue weighted by Crippen LogP contribution is -2.17. The van der Waals surface area contributed by atoms with Gasteiger partial charge >= 0.3 is 0 Å². The van der Waals surface area contributed by atoms with Gasteiger partial charge in [-0.25, -0.2) is 4.39 Å². The third kappa shape index (κ3) is 6.74. The van der Waals surface area contributed by atoms with Crippen molar-refractivity contribution in [1.82, 2.24) is 0 Å². The van der Waals surface area contributed by atoms with E-state index in [0.717, 1.165) is 17.8 Å². The molecular formula is C32H42F2O. The Balaban J connectivity index is 1.24. The lowest BCUT2D eigenvalue weighted by atomic mass is 9.74. The van der Waals surface area contributed by atoms with E-state index in [2.05, 4.69) is 24.8 Å². The van der Waals surface area contributed by atoms with Gasteiger partial charge in [-0.2, -0.15) is 4.39 Å². The molecular weight excluding hydrogens is 438 g/mol. The molecule has 0 saturated heterocycles. The van der Waals surface area contributed by atoms with Crippen molar-refractivity contribution < 1.29 is 13.5 Å². The second kappa shape index (κ2) is 12.7. The highest BCUT2D eigenvalue weighted by atomic mass is 19.2. The molecule has 2 saturated carbocycles. The van der Waals surface area contributed by atoms with Crippen molar-refractivity contribution >= 4 is 0 Å². The highest BCUT2D eigenvalue weighted by Gasteiger charge is 2.25. The lowest BCUT2D eigenvalue weighted by Gasteiger charge is -2.32. The second-order valence-electron chi connectivity index (χ2n) is 10.8. The van der Waals surface area contributed by atoms with Gasteiger partial charge in [0.1, 0.15) is 0 Å². The van der Waals surface area contributed by atoms with Crippen LogP contribution in [0.2, 0.25) is 0 Å². The van der Waals surface area contributed by atoms with Crippen LogP contribution in [-0.2, 0) is 0 Å². The van der Waals surface area contributed by atoms with Crippen LogP contribution in [0.1, 0.15) is 95.5 Å². The third-order valence-corrected chi connectivity index (χ3v) is 8.62. The Bertz CT molecular complexity index is 935. The molecule has 1 nitrogen and oxygen atoms in total. The Kier molecular flexibility index (Phi) is 9.40. The van der Waals surface area contributed by atoms with E-state index in [4.69, 9.17) is 4.74 Å². The Morgan fingerprint density at radius 1 is 0.771 bits per heavy atom. The standard InChI is InChI=1S/C32H42F2O/c1-3-5-6-23-7-9-24(10-8-23)11-12-25-13-15-26(16-14-25)27-17-19-28(20-18-27)29-21-22-30(35-4-2)32(34)31(29)33/h3,17-26H,1,4-16H2,2H3. The van der Waals surface area contributed by atoms with Gasteiger partial charge in [-0.3, -0.25) is 0 Å². The molecule has 0 atom stereocenters. The molecule has 2 aliphatic carbocycles. The molecule has 3 heteroatoms. The zero-order valence-electron chi connectivity index (χ0n) is 21.4. The number of hydrogen-bond donors (Lipinski definition) is 0. The quantitative estimate of drug-likeness (QED) is 0.307. The number of hydrogen-bond acceptors (Lipinski definition) is 1. The van der Waals surface area contributed by atoms with E-state index in [1.807, 2.05) is 12.1 Å². The van der Waals surface area contributed by atoms with Crippen LogP contribution >= 0.6 is 0 Å². The molecule has 0 aromatic heterocycles. The molecule has 0 spiro atoms. The van der Waals surface area contributed by atoms with Crippen molar-refractivity contribution in [2.45, 2.75) is 89.9 Å². The molecule has 0 unspecified atom stereocenters. The van der Waals surface area contributed by atoms with Gasteiger partial charge in [-0.1, -0.05) is 68.9 Å². The van der Waals surface area contributed by atoms with E-state index < -0.39 is 11.6 Å². The smallest absolute Gasteiger partial charge is 0.201 e. The second-order valence-corrected chi connectivity index (χ2v) is 10.8. The number of rotatable bonds is 10. The van der Waals surface area contributed by atoms with Gasteiger partial charge in [0.15, 0.2) is 11.6 Å². The first kappa shape index (κ1) is 25.9. The maximum Gasteiger partial charge on any atom is 0.201 e. The zero-order valence-corrected chi connectivity index (χ0v) is 21.4. The fourth-order valence-electron chi connectivity index (χ4n) is 6.37. The molecule has 2 aromatic rings. The topological polar surface area (TPSA) is 9.23 Å². The maximum atomic E-state index is 14.6. The summed E-state index contributed by atoms with van der Waals surface area (Å²) in [6.07, 6.45) is 18.2. The number of ether oxygens (including phenoxy) is 1. The van der Waals surface area contributed by atoms with Crippen molar-refractivity contribution in [2.75, 3.05) is 6.61 Å². The largest absolute Gasteiger partial charge is 0.491 e. The number of allylic oxidation sites excluding steroid dienone is 1. The lowest BCUT2D eigenvalue weighted by molar-refractivity contribution is 0.225. The van der Waals surface area contributed by atoms with Crippen molar-refractivity contribution in [1.29, 1.82) is 0 Å². The first-order valence-corrected chi connectivity index (χ1v) is 13.9. The summed E-state index contributed by atoms with van der Waals surface area (Å²) in [7, 11) is 0. The minimum atomic E-state index is -0.910. The van der Waals surface area contributed by atoms with Crippen LogP contribution in [-0.4, -0.2) is 6.61 Å². The van der Waals surface area contributed by atoms with Crippen molar-refractivity contribution in [3.05, 3.63) is 66.3 Å². The van der Waals surface area contributed by atoms with Gasteiger partial charge in [-0.05, 0) is 92.4 Å². The van der Waals surface area contributed by atoms with E-state index in [1.54, 1.807) is 13.0 Å². The van der Waals surface area contributed by atoms with Gasteiger partial charge in [-0.15, -0.1) is 6.58 Å². The summed E-state index contributed by atoms with van der Waals surface area (Å²) in [4.78, 5) is 0. The molecule has 35 heavy (non-hydrogen) atoms. The summed E-state index contributed by atoms with van der Waals surface area (Å²) in [6.45, 7) is 5.93. The summed E-state index contributed by atoms with van der Waals surface area (Å²) in [6, 6.07) is 11.2. The van der Waals surface area contributed by atoms with Crippen LogP contribution in [0.5, 0.6) is 5.75 Å². The molecule has 4 rings (SSSR count). The molecule has 2 aromatic carbocycles. The number of benzene rings is 2.